The van der Waals surface area contributed by atoms with Crippen molar-refractivity contribution < 1.29 is 0 Å². The van der Waals surface area contributed by atoms with Gasteiger partial charge in [-0.1, -0.05) is 30.0 Å². The van der Waals surface area contributed by atoms with E-state index in [1.165, 1.54) is 0 Å². The lowest BCUT2D eigenvalue weighted by atomic mass is 9.75. The van der Waals surface area contributed by atoms with Crippen molar-refractivity contribution in [1.82, 2.24) is 10.2 Å². The van der Waals surface area contributed by atoms with Crippen molar-refractivity contribution in [3.05, 3.63) is 16.4 Å². The molecule has 0 aliphatic heterocycles. The van der Waals surface area contributed by atoms with Gasteiger partial charge in [-0.25, -0.2) is 0 Å². The van der Waals surface area contributed by atoms with Gasteiger partial charge in [0.1, 0.15) is 5.15 Å². The maximum atomic E-state index is 5.66. The number of halogens is 2. The van der Waals surface area contributed by atoms with Crippen LogP contribution in [0.5, 0.6) is 0 Å². The van der Waals surface area contributed by atoms with Crippen LogP contribution in [-0.2, 0) is 0 Å². The Bertz CT molecular complexity index is 241. The van der Waals surface area contributed by atoms with Crippen molar-refractivity contribution in [2.75, 3.05) is 0 Å². The molecule has 52 valence electrons. The molecule has 1 aromatic heterocycles. The smallest absolute Gasteiger partial charge is 0.138 e. The number of hydrogen-bond donors (Lipinski definition) is 0. The standard InChI is InChI=1S/C5H5BCl2N2/c1-6-3-2-4(7)9-10-5(3)8/h2,6H,1H3. The molecule has 0 N–H and O–H groups in total. The molecule has 5 heteroatoms. The highest BCUT2D eigenvalue weighted by Gasteiger charge is 2.00. The summed E-state index contributed by atoms with van der Waals surface area (Å²) in [5, 5.41) is 8.03. The summed E-state index contributed by atoms with van der Waals surface area (Å²) in [7, 11) is 0.827. The van der Waals surface area contributed by atoms with E-state index in [1.807, 2.05) is 6.82 Å². The minimum absolute atomic E-state index is 0.390. The van der Waals surface area contributed by atoms with E-state index in [1.54, 1.807) is 6.07 Å². The Morgan fingerprint density at radius 3 is 2.60 bits per heavy atom. The molecule has 0 fully saturated rings. The zero-order chi connectivity index (χ0) is 7.56. The van der Waals surface area contributed by atoms with Gasteiger partial charge in [0.05, 0.1) is 0 Å². The van der Waals surface area contributed by atoms with Crippen molar-refractivity contribution in [2.45, 2.75) is 6.82 Å². The predicted molar refractivity (Wildman–Crippen MR) is 44.7 cm³/mol. The van der Waals surface area contributed by atoms with Crippen LogP contribution < -0.4 is 5.46 Å². The Balaban J connectivity index is 3.09. The maximum absolute atomic E-state index is 5.66. The molecule has 0 saturated carbocycles. The zero-order valence-corrected chi connectivity index (χ0v) is 6.95. The molecule has 0 saturated heterocycles. The first-order valence-corrected chi connectivity index (χ1v) is 3.67. The third kappa shape index (κ3) is 1.61. The number of aromatic nitrogens is 2. The summed E-state index contributed by atoms with van der Waals surface area (Å²) in [6.45, 7) is 1.99. The first-order valence-electron chi connectivity index (χ1n) is 2.91. The fourth-order valence-corrected chi connectivity index (χ4v) is 1.03. The average Bonchev–Trinajstić information content (AvgIpc) is 1.94. The first kappa shape index (κ1) is 7.83. The minimum Gasteiger partial charge on any atom is -0.138 e. The molecule has 0 unspecified atom stereocenters. The molecule has 0 aliphatic carbocycles. The minimum atomic E-state index is 0.390. The van der Waals surface area contributed by atoms with Gasteiger partial charge in [-0.3, -0.25) is 0 Å². The zero-order valence-electron chi connectivity index (χ0n) is 5.43. The summed E-state index contributed by atoms with van der Waals surface area (Å²) >= 11 is 11.2. The van der Waals surface area contributed by atoms with Crippen LogP contribution in [0.15, 0.2) is 6.07 Å². The predicted octanol–water partition coefficient (Wildman–Crippen LogP) is 0.893. The molecular formula is C5H5BCl2N2. The van der Waals surface area contributed by atoms with Crippen LogP contribution in [0.4, 0.5) is 0 Å². The molecule has 0 atom stereocenters. The lowest BCUT2D eigenvalue weighted by Crippen LogP contribution is -2.14. The van der Waals surface area contributed by atoms with E-state index in [0.717, 1.165) is 12.7 Å². The summed E-state index contributed by atoms with van der Waals surface area (Å²) in [5.74, 6) is 0. The van der Waals surface area contributed by atoms with Crippen LogP contribution in [0.3, 0.4) is 0 Å². The molecule has 10 heavy (non-hydrogen) atoms. The normalized spacial score (nSPS) is 9.50. The van der Waals surface area contributed by atoms with E-state index in [0.29, 0.717) is 10.3 Å². The van der Waals surface area contributed by atoms with Crippen LogP contribution in [0.2, 0.25) is 17.1 Å². The molecule has 1 rings (SSSR count). The second-order valence-electron chi connectivity index (χ2n) is 1.84. The first-order chi connectivity index (χ1) is 4.74. The highest BCUT2D eigenvalue weighted by atomic mass is 35.5. The highest BCUT2D eigenvalue weighted by Crippen LogP contribution is 2.03. The van der Waals surface area contributed by atoms with Crippen molar-refractivity contribution in [3.8, 4) is 0 Å². The number of nitrogens with zero attached hydrogens (tertiary/aromatic N) is 2. The molecule has 1 heterocycles. The van der Waals surface area contributed by atoms with Gasteiger partial charge in [0, 0.05) is 0 Å². The van der Waals surface area contributed by atoms with Gasteiger partial charge < -0.3 is 0 Å². The summed E-state index contributed by atoms with van der Waals surface area (Å²) in [4.78, 5) is 0. The van der Waals surface area contributed by atoms with Gasteiger partial charge in [0.25, 0.3) is 0 Å². The van der Waals surface area contributed by atoms with E-state index in [4.69, 9.17) is 23.2 Å². The summed E-state index contributed by atoms with van der Waals surface area (Å²) < 4.78 is 0. The van der Waals surface area contributed by atoms with E-state index in [2.05, 4.69) is 10.2 Å². The van der Waals surface area contributed by atoms with Crippen LogP contribution in [-0.4, -0.2) is 17.5 Å². The van der Waals surface area contributed by atoms with Gasteiger partial charge in [0.2, 0.25) is 0 Å². The van der Waals surface area contributed by atoms with Crippen molar-refractivity contribution in [1.29, 1.82) is 0 Å². The van der Waals surface area contributed by atoms with E-state index in [9.17, 15) is 0 Å². The summed E-state index contributed by atoms with van der Waals surface area (Å²) in [5.41, 5.74) is 0.932. The maximum Gasteiger partial charge on any atom is 0.158 e. The fraction of sp³-hybridized carbons (Fsp3) is 0.200. The molecule has 0 aromatic carbocycles. The Morgan fingerprint density at radius 1 is 1.40 bits per heavy atom. The van der Waals surface area contributed by atoms with E-state index in [-0.39, 0.29) is 0 Å². The van der Waals surface area contributed by atoms with Crippen molar-refractivity contribution >= 4 is 35.9 Å². The molecular weight excluding hydrogens is 170 g/mol. The second kappa shape index (κ2) is 3.22. The Kier molecular flexibility index (Phi) is 2.52. The Morgan fingerprint density at radius 2 is 2.10 bits per heavy atom. The van der Waals surface area contributed by atoms with Crippen LogP contribution >= 0.6 is 23.2 Å². The molecule has 2 nitrogen and oxygen atoms in total. The Hall–Kier alpha value is -0.275. The van der Waals surface area contributed by atoms with Gasteiger partial charge in [-0.2, -0.15) is 0 Å². The van der Waals surface area contributed by atoms with E-state index >= 15 is 0 Å². The molecule has 0 amide bonds. The lowest BCUT2D eigenvalue weighted by molar-refractivity contribution is 1.04. The van der Waals surface area contributed by atoms with Gasteiger partial charge in [-0.05, 0) is 11.5 Å². The van der Waals surface area contributed by atoms with Gasteiger partial charge in [0.15, 0.2) is 12.4 Å². The number of rotatable bonds is 1. The van der Waals surface area contributed by atoms with Gasteiger partial charge >= 0.3 is 0 Å². The fourth-order valence-electron chi connectivity index (χ4n) is 0.636. The quantitative estimate of drug-likeness (QED) is 0.592. The summed E-state index contributed by atoms with van der Waals surface area (Å²) in [6.07, 6.45) is 0. The third-order valence-corrected chi connectivity index (χ3v) is 1.68. The molecule has 0 radical (unpaired) electrons. The highest BCUT2D eigenvalue weighted by molar-refractivity contribution is 6.57. The second-order valence-corrected chi connectivity index (χ2v) is 2.58. The molecule has 0 spiro atoms. The topological polar surface area (TPSA) is 25.8 Å². The van der Waals surface area contributed by atoms with E-state index < -0.39 is 0 Å². The third-order valence-electron chi connectivity index (χ3n) is 1.17. The summed E-state index contributed by atoms with van der Waals surface area (Å²) in [6, 6.07) is 1.72. The molecule has 1 aromatic rings. The van der Waals surface area contributed by atoms with Gasteiger partial charge in [-0.15, -0.1) is 10.2 Å². The SMILES string of the molecule is CBc1cc(Cl)nnc1Cl. The van der Waals surface area contributed by atoms with Crippen LogP contribution in [0.25, 0.3) is 0 Å². The lowest BCUT2D eigenvalue weighted by Gasteiger charge is -1.95. The van der Waals surface area contributed by atoms with Crippen molar-refractivity contribution in [3.63, 3.8) is 0 Å². The largest absolute Gasteiger partial charge is 0.158 e. The number of hydrogen-bond acceptors (Lipinski definition) is 2. The van der Waals surface area contributed by atoms with Crippen molar-refractivity contribution in [2.24, 2.45) is 0 Å². The van der Waals surface area contributed by atoms with Crippen LogP contribution in [0.1, 0.15) is 0 Å². The monoisotopic (exact) mass is 174 g/mol. The van der Waals surface area contributed by atoms with Crippen LogP contribution in [0, 0.1) is 0 Å². The average molecular weight is 175 g/mol. The molecule has 0 bridgehead atoms. The molecule has 0 aliphatic rings. The Labute approximate surface area is 69.8 Å².